The lowest BCUT2D eigenvalue weighted by atomic mass is 9.91. The summed E-state index contributed by atoms with van der Waals surface area (Å²) in [6.45, 7) is 13.9. The number of pyridine rings is 2. The van der Waals surface area contributed by atoms with Gasteiger partial charge in [-0.05, 0) is 70.3 Å². The maximum Gasteiger partial charge on any atom is 0.411 e. The summed E-state index contributed by atoms with van der Waals surface area (Å²) < 4.78 is 13.9. The molecule has 0 radical (unpaired) electrons. The molecule has 0 N–H and O–H groups in total. The van der Waals surface area contributed by atoms with Gasteiger partial charge in [0.15, 0.2) is 0 Å². The third-order valence-corrected chi connectivity index (χ3v) is 8.91. The number of ether oxygens (including phenoxy) is 2. The summed E-state index contributed by atoms with van der Waals surface area (Å²) >= 11 is 6.57. The van der Waals surface area contributed by atoms with Gasteiger partial charge in [-0.3, -0.25) is 14.9 Å². The van der Waals surface area contributed by atoms with Crippen LogP contribution >= 0.6 is 11.6 Å². The molecule has 2 atom stereocenters. The van der Waals surface area contributed by atoms with Gasteiger partial charge in [0.05, 0.1) is 34.8 Å². The quantitative estimate of drug-likeness (QED) is 0.192. The van der Waals surface area contributed by atoms with Gasteiger partial charge in [-0.25, -0.2) is 9.78 Å². The lowest BCUT2D eigenvalue weighted by Gasteiger charge is -2.42. The fourth-order valence-electron chi connectivity index (χ4n) is 4.89. The molecule has 0 aliphatic carbocycles. The predicted octanol–water partition coefficient (Wildman–Crippen LogP) is 7.43. The van der Waals surface area contributed by atoms with Crippen LogP contribution < -0.4 is 0 Å². The number of nitrogens with zero attached hydrogens (tertiary/aromatic N) is 5. The molecule has 0 spiro atoms. The second kappa shape index (κ2) is 12.8. The van der Waals surface area contributed by atoms with E-state index in [4.69, 9.17) is 26.1 Å². The van der Waals surface area contributed by atoms with Crippen molar-refractivity contribution in [2.24, 2.45) is 0 Å². The second-order valence-corrected chi connectivity index (χ2v) is 18.7. The Labute approximate surface area is 244 Å². The Hall–Kier alpha value is -2.75. The minimum Gasteiger partial charge on any atom is -0.444 e. The summed E-state index contributed by atoms with van der Waals surface area (Å²) in [7, 11) is -1.14. The molecule has 3 aromatic rings. The molecule has 3 aromatic heterocycles. The molecule has 1 amide bonds. The number of aromatic nitrogens is 4. The van der Waals surface area contributed by atoms with E-state index >= 15 is 0 Å². The van der Waals surface area contributed by atoms with Gasteiger partial charge in [0.2, 0.25) is 0 Å². The van der Waals surface area contributed by atoms with Crippen molar-refractivity contribution in [1.29, 1.82) is 0 Å². The zero-order chi connectivity index (χ0) is 28.9. The lowest BCUT2D eigenvalue weighted by Crippen LogP contribution is -2.44. The number of hydrogen-bond donors (Lipinski definition) is 0. The zero-order valence-corrected chi connectivity index (χ0v) is 26.3. The summed E-state index contributed by atoms with van der Waals surface area (Å²) in [5, 5.41) is 0.545. The SMILES string of the molecule is CC(C)(C)OC(=O)N1[C@@H](c2cccc(Cc3cncn3COCC[Si](C)(C)C)n2)CCC[C@H]1c1ncccc1Cl. The van der Waals surface area contributed by atoms with Gasteiger partial charge in [0.1, 0.15) is 12.3 Å². The van der Waals surface area contributed by atoms with Gasteiger partial charge in [0.25, 0.3) is 0 Å². The van der Waals surface area contributed by atoms with Gasteiger partial charge in [-0.15, -0.1) is 0 Å². The van der Waals surface area contributed by atoms with Crippen molar-refractivity contribution in [2.75, 3.05) is 6.61 Å². The van der Waals surface area contributed by atoms with Crippen LogP contribution in [0.15, 0.2) is 49.1 Å². The molecule has 40 heavy (non-hydrogen) atoms. The summed E-state index contributed by atoms with van der Waals surface area (Å²) in [5.41, 5.74) is 2.82. The highest BCUT2D eigenvalue weighted by Crippen LogP contribution is 2.43. The standard InChI is InChI=1S/C30H42ClN5O3Si/c1-30(2,3)39-29(37)36-26(13-8-14-27(36)28-24(31)11-9-15-33-28)25-12-7-10-22(34-25)18-23-19-32-20-35(23)21-38-16-17-40(4,5)6/h7,9-12,15,19-20,26-27H,8,13-14,16-18,21H2,1-6H3/t26-,27+/m1/s1. The van der Waals surface area contributed by atoms with Crippen molar-refractivity contribution < 1.29 is 14.3 Å². The van der Waals surface area contributed by atoms with E-state index in [9.17, 15) is 4.79 Å². The number of amides is 1. The molecule has 0 unspecified atom stereocenters. The van der Waals surface area contributed by atoms with Crippen LogP contribution in [0.2, 0.25) is 30.7 Å². The number of rotatable bonds is 9. The Kier molecular flexibility index (Phi) is 9.69. The van der Waals surface area contributed by atoms with Crippen molar-refractivity contribution in [3.05, 3.63) is 76.9 Å². The van der Waals surface area contributed by atoms with E-state index in [-0.39, 0.29) is 18.2 Å². The van der Waals surface area contributed by atoms with Gasteiger partial charge < -0.3 is 14.0 Å². The molecule has 1 aliphatic heterocycles. The first-order chi connectivity index (χ1) is 18.9. The number of carbonyl (C=O) groups is 1. The summed E-state index contributed by atoms with van der Waals surface area (Å²) in [6, 6.07) is 10.2. The minimum atomic E-state index is -1.14. The lowest BCUT2D eigenvalue weighted by molar-refractivity contribution is -0.00795. The van der Waals surface area contributed by atoms with Crippen molar-refractivity contribution in [3.63, 3.8) is 0 Å². The Morgan fingerprint density at radius 2 is 1.90 bits per heavy atom. The smallest absolute Gasteiger partial charge is 0.411 e. The molecule has 0 saturated carbocycles. The van der Waals surface area contributed by atoms with Crippen LogP contribution in [0.25, 0.3) is 0 Å². The fourth-order valence-corrected chi connectivity index (χ4v) is 5.90. The number of imidazole rings is 1. The van der Waals surface area contributed by atoms with Crippen LogP contribution in [0.1, 0.15) is 74.9 Å². The monoisotopic (exact) mass is 583 g/mol. The summed E-state index contributed by atoms with van der Waals surface area (Å²) in [6.07, 6.45) is 8.06. The molecule has 1 fully saturated rings. The normalized spacial score (nSPS) is 18.1. The fraction of sp³-hybridized carbons (Fsp3) is 0.533. The van der Waals surface area contributed by atoms with Crippen LogP contribution in [0.4, 0.5) is 4.79 Å². The highest BCUT2D eigenvalue weighted by Gasteiger charge is 2.40. The van der Waals surface area contributed by atoms with E-state index in [0.717, 1.165) is 49.0 Å². The van der Waals surface area contributed by atoms with Crippen LogP contribution in [0.3, 0.4) is 0 Å². The Morgan fingerprint density at radius 3 is 2.62 bits per heavy atom. The van der Waals surface area contributed by atoms with E-state index < -0.39 is 13.7 Å². The first kappa shape index (κ1) is 30.2. The largest absolute Gasteiger partial charge is 0.444 e. The third-order valence-electron chi connectivity index (χ3n) is 6.89. The maximum atomic E-state index is 13.6. The Bertz CT molecular complexity index is 1290. The number of likely N-dealkylation sites (tertiary alicyclic amines) is 1. The van der Waals surface area contributed by atoms with Gasteiger partial charge in [0, 0.05) is 44.9 Å². The average molecular weight is 584 g/mol. The molecule has 1 saturated heterocycles. The molecule has 10 heteroatoms. The molecule has 0 bridgehead atoms. The van der Waals surface area contributed by atoms with Gasteiger partial charge >= 0.3 is 6.09 Å². The molecular formula is C30H42ClN5O3Si. The molecule has 4 heterocycles. The van der Waals surface area contributed by atoms with Crippen molar-refractivity contribution >= 4 is 25.8 Å². The van der Waals surface area contributed by atoms with Crippen LogP contribution in [-0.4, -0.2) is 50.8 Å². The Balaban J connectivity index is 1.57. The highest BCUT2D eigenvalue weighted by atomic mass is 35.5. The van der Waals surface area contributed by atoms with Crippen molar-refractivity contribution in [3.8, 4) is 0 Å². The number of carbonyl (C=O) groups excluding carboxylic acids is 1. The van der Waals surface area contributed by atoms with Crippen LogP contribution in [-0.2, 0) is 22.6 Å². The number of halogens is 1. The van der Waals surface area contributed by atoms with Crippen molar-refractivity contribution in [1.82, 2.24) is 24.4 Å². The molecule has 4 rings (SSSR count). The van der Waals surface area contributed by atoms with Gasteiger partial charge in [-0.1, -0.05) is 37.3 Å². The van der Waals surface area contributed by atoms with E-state index in [0.29, 0.717) is 23.9 Å². The first-order valence-corrected chi connectivity index (χ1v) is 18.1. The maximum absolute atomic E-state index is 13.6. The van der Waals surface area contributed by atoms with Crippen LogP contribution in [0, 0.1) is 0 Å². The molecule has 1 aliphatic rings. The second-order valence-electron chi connectivity index (χ2n) is 12.7. The third kappa shape index (κ3) is 8.14. The first-order valence-electron chi connectivity index (χ1n) is 14.1. The molecule has 216 valence electrons. The van der Waals surface area contributed by atoms with Crippen molar-refractivity contribution in [2.45, 2.75) is 96.6 Å². The number of hydrogen-bond acceptors (Lipinski definition) is 6. The predicted molar refractivity (Wildman–Crippen MR) is 160 cm³/mol. The number of piperidine rings is 1. The average Bonchev–Trinajstić information content (AvgIpc) is 3.31. The van der Waals surface area contributed by atoms with Gasteiger partial charge in [-0.2, -0.15) is 0 Å². The summed E-state index contributed by atoms with van der Waals surface area (Å²) in [5.74, 6) is 0. The Morgan fingerprint density at radius 1 is 1.12 bits per heavy atom. The zero-order valence-electron chi connectivity index (χ0n) is 24.6. The van der Waals surface area contributed by atoms with Crippen LogP contribution in [0.5, 0.6) is 0 Å². The summed E-state index contributed by atoms with van der Waals surface area (Å²) in [4.78, 5) is 29.4. The van der Waals surface area contributed by atoms with E-state index in [2.05, 4.69) is 29.6 Å². The molecule has 8 nitrogen and oxygen atoms in total. The topological polar surface area (TPSA) is 82.4 Å². The molecular weight excluding hydrogens is 542 g/mol. The molecule has 0 aromatic carbocycles. The van der Waals surface area contributed by atoms with E-state index in [1.54, 1.807) is 23.5 Å². The minimum absolute atomic E-state index is 0.263. The van der Waals surface area contributed by atoms with E-state index in [1.807, 2.05) is 55.8 Å². The highest BCUT2D eigenvalue weighted by molar-refractivity contribution is 6.76. The van der Waals surface area contributed by atoms with E-state index in [1.165, 1.54) is 0 Å².